The summed E-state index contributed by atoms with van der Waals surface area (Å²) in [5, 5.41) is 9.56. The molecule has 5 nitrogen and oxygen atoms in total. The second-order valence-electron chi connectivity index (χ2n) is 9.24. The average molecular weight is 412 g/mol. The van der Waals surface area contributed by atoms with E-state index in [0.717, 1.165) is 59.3 Å². The first-order valence-corrected chi connectivity index (χ1v) is 11.8. The number of hydrogen-bond donors (Lipinski definition) is 0. The van der Waals surface area contributed by atoms with Crippen LogP contribution in [0.15, 0.2) is 29.4 Å². The van der Waals surface area contributed by atoms with Gasteiger partial charge in [-0.2, -0.15) is 0 Å². The number of ether oxygens (including phenoxy) is 1. The van der Waals surface area contributed by atoms with Gasteiger partial charge in [-0.25, -0.2) is 0 Å². The van der Waals surface area contributed by atoms with E-state index in [4.69, 9.17) is 4.74 Å². The molecular formula is C23H29N3O2S. The van der Waals surface area contributed by atoms with E-state index in [9.17, 15) is 4.79 Å². The van der Waals surface area contributed by atoms with Crippen molar-refractivity contribution in [2.45, 2.75) is 50.6 Å². The van der Waals surface area contributed by atoms with Gasteiger partial charge >= 0.3 is 0 Å². The summed E-state index contributed by atoms with van der Waals surface area (Å²) in [4.78, 5) is 13.3. The Balaban J connectivity index is 1.29. The minimum absolute atomic E-state index is 0.0327. The number of rotatable bonds is 7. The van der Waals surface area contributed by atoms with Crippen molar-refractivity contribution in [2.75, 3.05) is 12.4 Å². The maximum Gasteiger partial charge on any atom is 0.191 e. The van der Waals surface area contributed by atoms with E-state index in [-0.39, 0.29) is 5.41 Å². The minimum Gasteiger partial charge on any atom is -0.494 e. The number of carbonyl (C=O) groups is 1. The molecule has 0 amide bonds. The summed E-state index contributed by atoms with van der Waals surface area (Å²) in [7, 11) is 1.97. The first kappa shape index (κ1) is 19.2. The lowest BCUT2D eigenvalue weighted by molar-refractivity contribution is -0.141. The first-order valence-electron chi connectivity index (χ1n) is 10.8. The normalized spacial score (nSPS) is 29.9. The van der Waals surface area contributed by atoms with Crippen LogP contribution in [-0.4, -0.2) is 32.9 Å². The van der Waals surface area contributed by atoms with Gasteiger partial charge in [-0.1, -0.05) is 23.9 Å². The zero-order chi connectivity index (χ0) is 20.0. The SMILES string of the molecule is CCOc1cccc(-c2nnc(SCC(=O)C34CC5CC(CC(C5)C3)C4)n2C)c1. The van der Waals surface area contributed by atoms with Crippen molar-refractivity contribution in [3.63, 3.8) is 0 Å². The molecule has 0 radical (unpaired) electrons. The molecule has 0 spiro atoms. The van der Waals surface area contributed by atoms with E-state index >= 15 is 0 Å². The average Bonchev–Trinajstić information content (AvgIpc) is 3.06. The lowest BCUT2D eigenvalue weighted by Crippen LogP contribution is -2.50. The predicted molar refractivity (Wildman–Crippen MR) is 114 cm³/mol. The molecule has 0 unspecified atom stereocenters. The summed E-state index contributed by atoms with van der Waals surface area (Å²) in [6.07, 6.45) is 7.50. The summed E-state index contributed by atoms with van der Waals surface area (Å²) >= 11 is 1.54. The first-order chi connectivity index (χ1) is 14.1. The smallest absolute Gasteiger partial charge is 0.191 e. The Morgan fingerprint density at radius 2 is 1.86 bits per heavy atom. The van der Waals surface area contributed by atoms with Gasteiger partial charge in [-0.3, -0.25) is 4.79 Å². The van der Waals surface area contributed by atoms with Gasteiger partial charge in [0.2, 0.25) is 0 Å². The van der Waals surface area contributed by atoms with E-state index in [1.807, 2.05) is 42.8 Å². The highest BCUT2D eigenvalue weighted by Crippen LogP contribution is 2.60. The molecule has 4 aliphatic carbocycles. The van der Waals surface area contributed by atoms with Gasteiger partial charge in [-0.05, 0) is 75.3 Å². The Morgan fingerprint density at radius 3 is 2.52 bits per heavy atom. The number of aromatic nitrogens is 3. The third kappa shape index (κ3) is 3.49. The molecule has 1 aromatic carbocycles. The van der Waals surface area contributed by atoms with Crippen LogP contribution in [0.25, 0.3) is 11.4 Å². The van der Waals surface area contributed by atoms with E-state index in [1.165, 1.54) is 19.3 Å². The van der Waals surface area contributed by atoms with Gasteiger partial charge in [0.05, 0.1) is 12.4 Å². The van der Waals surface area contributed by atoms with Crippen molar-refractivity contribution in [1.29, 1.82) is 0 Å². The van der Waals surface area contributed by atoms with Crippen LogP contribution in [0.4, 0.5) is 0 Å². The number of benzene rings is 1. The van der Waals surface area contributed by atoms with Crippen LogP contribution in [0.3, 0.4) is 0 Å². The number of carbonyl (C=O) groups excluding carboxylic acids is 1. The van der Waals surface area contributed by atoms with Crippen LogP contribution in [-0.2, 0) is 11.8 Å². The number of hydrogen-bond acceptors (Lipinski definition) is 5. The monoisotopic (exact) mass is 411 g/mol. The molecule has 29 heavy (non-hydrogen) atoms. The fraction of sp³-hybridized carbons (Fsp3) is 0.609. The summed E-state index contributed by atoms with van der Waals surface area (Å²) in [5.74, 6) is 5.00. The van der Waals surface area contributed by atoms with Crippen LogP contribution in [0.1, 0.15) is 45.4 Å². The molecule has 4 saturated carbocycles. The predicted octanol–water partition coefficient (Wildman–Crippen LogP) is 4.76. The summed E-state index contributed by atoms with van der Waals surface area (Å²) in [6, 6.07) is 7.92. The minimum atomic E-state index is -0.0327. The highest BCUT2D eigenvalue weighted by Gasteiger charge is 2.54. The molecule has 4 bridgehead atoms. The summed E-state index contributed by atoms with van der Waals surface area (Å²) < 4.78 is 7.59. The molecule has 6 rings (SSSR count). The van der Waals surface area contributed by atoms with E-state index in [1.54, 1.807) is 11.8 Å². The van der Waals surface area contributed by atoms with Gasteiger partial charge in [0.1, 0.15) is 11.5 Å². The Hall–Kier alpha value is -1.82. The third-order valence-corrected chi connectivity index (χ3v) is 8.22. The fourth-order valence-corrected chi connectivity index (χ4v) is 7.26. The van der Waals surface area contributed by atoms with E-state index in [2.05, 4.69) is 10.2 Å². The standard InChI is InChI=1S/C23H29N3O2S/c1-3-28-19-6-4-5-18(10-19)21-24-25-22(26(21)2)29-14-20(27)23-11-15-7-16(12-23)9-17(8-15)13-23/h4-6,10,15-17H,3,7-9,11-14H2,1-2H3. The van der Waals surface area contributed by atoms with Gasteiger partial charge < -0.3 is 9.30 Å². The summed E-state index contributed by atoms with van der Waals surface area (Å²) in [5.41, 5.74) is 0.944. The van der Waals surface area contributed by atoms with Crippen molar-refractivity contribution >= 4 is 17.5 Å². The number of nitrogens with zero attached hydrogens (tertiary/aromatic N) is 3. The Kier molecular flexibility index (Phi) is 4.93. The molecule has 1 aromatic heterocycles. The molecule has 0 aliphatic heterocycles. The molecule has 0 saturated heterocycles. The topological polar surface area (TPSA) is 57.0 Å². The summed E-state index contributed by atoms with van der Waals surface area (Å²) in [6.45, 7) is 2.61. The molecule has 4 fully saturated rings. The second-order valence-corrected chi connectivity index (χ2v) is 10.2. The zero-order valence-corrected chi connectivity index (χ0v) is 18.1. The second kappa shape index (κ2) is 7.46. The van der Waals surface area contributed by atoms with Crippen LogP contribution in [0.2, 0.25) is 0 Å². The van der Waals surface area contributed by atoms with Gasteiger partial charge in [0.15, 0.2) is 11.0 Å². The zero-order valence-electron chi connectivity index (χ0n) is 17.3. The van der Waals surface area contributed by atoms with Gasteiger partial charge in [-0.15, -0.1) is 10.2 Å². The number of Topliss-reactive ketones (excluding diaryl/α,β-unsaturated/α-hetero) is 1. The highest BCUT2D eigenvalue weighted by molar-refractivity contribution is 7.99. The molecule has 154 valence electrons. The molecule has 4 aliphatic rings. The molecule has 1 heterocycles. The Labute approximate surface area is 176 Å². The third-order valence-electron chi connectivity index (χ3n) is 7.20. The molecular weight excluding hydrogens is 382 g/mol. The van der Waals surface area contributed by atoms with Crippen molar-refractivity contribution < 1.29 is 9.53 Å². The van der Waals surface area contributed by atoms with Crippen LogP contribution in [0.5, 0.6) is 5.75 Å². The lowest BCUT2D eigenvalue weighted by Gasteiger charge is -2.56. The molecule has 2 aromatic rings. The lowest BCUT2D eigenvalue weighted by atomic mass is 9.48. The maximum absolute atomic E-state index is 13.3. The number of ketones is 1. The van der Waals surface area contributed by atoms with Gasteiger partial charge in [0, 0.05) is 18.0 Å². The van der Waals surface area contributed by atoms with E-state index in [0.29, 0.717) is 18.1 Å². The van der Waals surface area contributed by atoms with Crippen molar-refractivity contribution in [2.24, 2.45) is 30.2 Å². The Bertz CT molecular complexity index is 887. The molecule has 6 heteroatoms. The van der Waals surface area contributed by atoms with Crippen molar-refractivity contribution in [3.05, 3.63) is 24.3 Å². The quantitative estimate of drug-likeness (QED) is 0.615. The van der Waals surface area contributed by atoms with Crippen LogP contribution in [0, 0.1) is 23.2 Å². The van der Waals surface area contributed by atoms with Crippen LogP contribution < -0.4 is 4.74 Å². The maximum atomic E-state index is 13.3. The largest absolute Gasteiger partial charge is 0.494 e. The van der Waals surface area contributed by atoms with Crippen molar-refractivity contribution in [1.82, 2.24) is 14.8 Å². The van der Waals surface area contributed by atoms with E-state index < -0.39 is 0 Å². The highest BCUT2D eigenvalue weighted by atomic mass is 32.2. The van der Waals surface area contributed by atoms with Crippen LogP contribution >= 0.6 is 11.8 Å². The van der Waals surface area contributed by atoms with Crippen molar-refractivity contribution in [3.8, 4) is 17.1 Å². The number of thioether (sulfide) groups is 1. The Morgan fingerprint density at radius 1 is 1.17 bits per heavy atom. The fourth-order valence-electron chi connectivity index (χ4n) is 6.32. The molecule has 0 atom stereocenters. The van der Waals surface area contributed by atoms with Gasteiger partial charge in [0.25, 0.3) is 0 Å². The molecule has 0 N–H and O–H groups in total.